The molecule has 251 valence electrons. The molecule has 45 heavy (non-hydrogen) atoms. The maximum absolute atomic E-state index is 10.9. The van der Waals surface area contributed by atoms with E-state index in [4.69, 9.17) is 29.8 Å². The second-order valence-electron chi connectivity index (χ2n) is 12.7. The Morgan fingerprint density at radius 1 is 0.667 bits per heavy atom. The van der Waals surface area contributed by atoms with Crippen LogP contribution in [0, 0.1) is 0 Å². The van der Waals surface area contributed by atoms with Gasteiger partial charge >= 0.3 is 16.8 Å². The van der Waals surface area contributed by atoms with Crippen LogP contribution in [0.2, 0.25) is 0 Å². The van der Waals surface area contributed by atoms with Crippen molar-refractivity contribution in [2.75, 3.05) is 0 Å². The van der Waals surface area contributed by atoms with Gasteiger partial charge in [-0.3, -0.25) is 9.98 Å². The molecule has 1 aliphatic carbocycles. The smallest absolute Gasteiger partial charge is 0.550 e. The Labute approximate surface area is 280 Å². The average Bonchev–Trinajstić information content (AvgIpc) is 2.91. The number of aliphatic imine (C=N–C) groups is 2. The summed E-state index contributed by atoms with van der Waals surface area (Å²) < 4.78 is 0. The zero-order chi connectivity index (χ0) is 33.7. The maximum atomic E-state index is 10.9. The quantitative estimate of drug-likeness (QED) is 0.333. The summed E-state index contributed by atoms with van der Waals surface area (Å²) in [5, 5.41) is 39.7. The summed E-state index contributed by atoms with van der Waals surface area (Å²) in [5.41, 5.74) is 5.98. The molecule has 2 unspecified atom stereocenters. The molecule has 0 amide bonds. The summed E-state index contributed by atoms with van der Waals surface area (Å²) in [7, 11) is 0. The standard InChI is InChI=1S/C32H46N2O2.2C2H4O2.Co/c1-19(2)23-13-25(31(35)27(15-23)21(5)6)17-33-29-11-9-10-12-30(29)34-18-26-14-24(20(3)4)16-28(22(7)8)32(26)36;2*1-2(3)4;/h13-22,29-30,35-36H,9-12H2,1-8H3;2*1H3,(H,3,4);/q;;;+2/p-2. The predicted molar refractivity (Wildman–Crippen MR) is 175 cm³/mol. The normalized spacial score (nSPS) is 16.4. The van der Waals surface area contributed by atoms with Crippen LogP contribution < -0.4 is 10.2 Å². The van der Waals surface area contributed by atoms with E-state index in [1.807, 2.05) is 12.4 Å². The number of carboxylic acids is 2. The van der Waals surface area contributed by atoms with E-state index in [2.05, 4.69) is 79.7 Å². The third kappa shape index (κ3) is 14.2. The van der Waals surface area contributed by atoms with Gasteiger partial charge in [0.1, 0.15) is 11.5 Å². The molecule has 2 aromatic carbocycles. The number of benzene rings is 2. The van der Waals surface area contributed by atoms with E-state index >= 15 is 0 Å². The van der Waals surface area contributed by atoms with Gasteiger partial charge in [-0.25, -0.2) is 0 Å². The fourth-order valence-electron chi connectivity index (χ4n) is 4.94. The zero-order valence-corrected chi connectivity index (χ0v) is 29.6. The van der Waals surface area contributed by atoms with Crippen LogP contribution in [-0.2, 0) is 26.4 Å². The van der Waals surface area contributed by atoms with Gasteiger partial charge in [0, 0.05) is 35.5 Å². The first-order valence-electron chi connectivity index (χ1n) is 15.6. The van der Waals surface area contributed by atoms with Gasteiger partial charge in [0.15, 0.2) is 0 Å². The van der Waals surface area contributed by atoms with E-state index in [9.17, 15) is 10.2 Å². The second kappa shape index (κ2) is 20.1. The molecule has 1 radical (unpaired) electrons. The van der Waals surface area contributed by atoms with Crippen molar-refractivity contribution in [1.82, 2.24) is 0 Å². The number of hydrogen-bond acceptors (Lipinski definition) is 8. The first-order chi connectivity index (χ1) is 20.5. The van der Waals surface area contributed by atoms with Crippen LogP contribution >= 0.6 is 0 Å². The minimum absolute atomic E-state index is 0. The summed E-state index contributed by atoms with van der Waals surface area (Å²) in [6.07, 6.45) is 7.95. The minimum Gasteiger partial charge on any atom is -0.550 e. The molecule has 2 atom stereocenters. The molecule has 2 N–H and O–H groups in total. The molecule has 1 fully saturated rings. The Morgan fingerprint density at radius 2 is 0.956 bits per heavy atom. The first-order valence-corrected chi connectivity index (χ1v) is 15.6. The SMILES string of the molecule is CC(=O)[O-].CC(=O)[O-].CC(C)c1cc(C=NC2CCCCC2N=Cc2cc(C(C)C)cc(C(C)C)c2O)c(O)c(C(C)C)c1.[Co+2]. The number of nitrogens with zero attached hydrogens (tertiary/aromatic N) is 2. The Bertz CT molecular complexity index is 1190. The third-order valence-corrected chi connectivity index (χ3v) is 7.46. The molecular weight excluding hydrogens is 615 g/mol. The van der Waals surface area contributed by atoms with Crippen LogP contribution in [0.4, 0.5) is 0 Å². The largest absolute Gasteiger partial charge is 2.00 e. The molecule has 0 aliphatic heterocycles. The van der Waals surface area contributed by atoms with E-state index in [0.29, 0.717) is 23.3 Å². The number of carbonyl (C=O) groups excluding carboxylic acids is 2. The number of aromatic hydroxyl groups is 2. The molecular formula is C36H52CoN2O6. The number of rotatable bonds is 8. The average molecular weight is 668 g/mol. The van der Waals surface area contributed by atoms with E-state index in [-0.39, 0.29) is 40.7 Å². The Hall–Kier alpha value is -3.17. The van der Waals surface area contributed by atoms with E-state index in [1.165, 1.54) is 11.1 Å². The van der Waals surface area contributed by atoms with Gasteiger partial charge in [0.05, 0.1) is 12.1 Å². The van der Waals surface area contributed by atoms with Crippen LogP contribution in [0.1, 0.15) is 152 Å². The minimum atomic E-state index is -1.08. The summed E-state index contributed by atoms with van der Waals surface area (Å²) in [4.78, 5) is 27.7. The van der Waals surface area contributed by atoms with Crippen molar-refractivity contribution < 1.29 is 46.8 Å². The molecule has 9 heteroatoms. The van der Waals surface area contributed by atoms with Crippen molar-refractivity contribution in [3.05, 3.63) is 57.6 Å². The number of phenols is 2. The fourth-order valence-corrected chi connectivity index (χ4v) is 4.94. The van der Waals surface area contributed by atoms with Crippen LogP contribution in [0.3, 0.4) is 0 Å². The van der Waals surface area contributed by atoms with Crippen LogP contribution in [0.25, 0.3) is 0 Å². The van der Waals surface area contributed by atoms with E-state index in [0.717, 1.165) is 61.8 Å². The molecule has 0 spiro atoms. The zero-order valence-electron chi connectivity index (χ0n) is 28.5. The fraction of sp³-hybridized carbons (Fsp3) is 0.556. The van der Waals surface area contributed by atoms with Gasteiger partial charge < -0.3 is 30.0 Å². The summed E-state index contributed by atoms with van der Waals surface area (Å²) in [5.74, 6) is -0.239. The Kier molecular flexibility index (Phi) is 18.6. The number of hydrogen-bond donors (Lipinski definition) is 2. The predicted octanol–water partition coefficient (Wildman–Crippen LogP) is 5.95. The number of carbonyl (C=O) groups is 2. The molecule has 0 saturated heterocycles. The van der Waals surface area contributed by atoms with Gasteiger partial charge in [-0.05, 0) is 84.7 Å². The monoisotopic (exact) mass is 667 g/mol. The third-order valence-electron chi connectivity index (χ3n) is 7.46. The van der Waals surface area contributed by atoms with Gasteiger partial charge in [0.2, 0.25) is 0 Å². The summed E-state index contributed by atoms with van der Waals surface area (Å²) >= 11 is 0. The van der Waals surface area contributed by atoms with Crippen molar-refractivity contribution >= 4 is 24.4 Å². The van der Waals surface area contributed by atoms with Crippen molar-refractivity contribution in [2.45, 2.75) is 131 Å². The molecule has 0 aromatic heterocycles. The van der Waals surface area contributed by atoms with Crippen molar-refractivity contribution in [3.8, 4) is 11.5 Å². The van der Waals surface area contributed by atoms with Gasteiger partial charge in [-0.15, -0.1) is 0 Å². The molecule has 2 aromatic rings. The van der Waals surface area contributed by atoms with Crippen molar-refractivity contribution in [3.63, 3.8) is 0 Å². The van der Waals surface area contributed by atoms with Crippen molar-refractivity contribution in [2.24, 2.45) is 9.98 Å². The van der Waals surface area contributed by atoms with Crippen LogP contribution in [0.5, 0.6) is 11.5 Å². The summed E-state index contributed by atoms with van der Waals surface area (Å²) in [6.45, 7) is 19.1. The molecule has 8 nitrogen and oxygen atoms in total. The van der Waals surface area contributed by atoms with Gasteiger partial charge in [-0.2, -0.15) is 0 Å². The molecule has 1 aliphatic rings. The number of phenolic OH excluding ortho intramolecular Hbond substituents is 2. The van der Waals surface area contributed by atoms with E-state index < -0.39 is 11.9 Å². The molecule has 0 heterocycles. The summed E-state index contributed by atoms with van der Waals surface area (Å²) in [6, 6.07) is 8.52. The molecule has 3 rings (SSSR count). The molecule has 1 saturated carbocycles. The molecule has 0 bridgehead atoms. The Morgan fingerprint density at radius 3 is 1.20 bits per heavy atom. The van der Waals surface area contributed by atoms with E-state index in [1.54, 1.807) is 0 Å². The first kappa shape index (κ1) is 41.8. The van der Waals surface area contributed by atoms with Crippen molar-refractivity contribution in [1.29, 1.82) is 0 Å². The van der Waals surface area contributed by atoms with Gasteiger partial charge in [-0.1, -0.05) is 80.4 Å². The number of aliphatic carboxylic acids is 2. The second-order valence-corrected chi connectivity index (χ2v) is 12.7. The van der Waals surface area contributed by atoms with Crippen LogP contribution in [-0.4, -0.2) is 46.7 Å². The van der Waals surface area contributed by atoms with Crippen LogP contribution in [0.15, 0.2) is 34.3 Å². The Balaban J connectivity index is 0.00000192. The maximum Gasteiger partial charge on any atom is 2.00 e. The van der Waals surface area contributed by atoms with Gasteiger partial charge in [0.25, 0.3) is 0 Å². The number of carboxylic acid groups (broad SMARTS) is 2. The topological polar surface area (TPSA) is 145 Å².